The lowest BCUT2D eigenvalue weighted by atomic mass is 10.0. The second-order valence-corrected chi connectivity index (χ2v) is 3.46. The zero-order valence-electron chi connectivity index (χ0n) is 5.61. The van der Waals surface area contributed by atoms with Crippen LogP contribution in [0.2, 0.25) is 0 Å². The van der Waals surface area contributed by atoms with Crippen LogP contribution in [0.3, 0.4) is 0 Å². The van der Waals surface area contributed by atoms with E-state index in [4.69, 9.17) is 5.11 Å². The summed E-state index contributed by atoms with van der Waals surface area (Å²) in [5.41, 5.74) is -0.979. The number of aliphatic hydroxyl groups excluding tert-OH is 1. The number of hydrogen-bond acceptors (Lipinski definition) is 1. The van der Waals surface area contributed by atoms with Crippen molar-refractivity contribution in [3.63, 3.8) is 0 Å². The molecule has 1 nitrogen and oxygen atoms in total. The lowest BCUT2D eigenvalue weighted by Crippen LogP contribution is -2.29. The van der Waals surface area contributed by atoms with E-state index in [9.17, 15) is 8.78 Å². The molecule has 3 heteroatoms. The van der Waals surface area contributed by atoms with Gasteiger partial charge in [-0.05, 0) is 18.8 Å². The highest BCUT2D eigenvalue weighted by Gasteiger charge is 2.72. The van der Waals surface area contributed by atoms with Gasteiger partial charge in [0.05, 0.1) is 12.0 Å². The molecular formula is C7H10F2O. The highest BCUT2D eigenvalue weighted by atomic mass is 19.3. The fraction of sp³-hybridized carbons (Fsp3) is 1.00. The number of halogens is 2. The van der Waals surface area contributed by atoms with E-state index in [2.05, 4.69) is 0 Å². The molecule has 2 aliphatic carbocycles. The lowest BCUT2D eigenvalue weighted by Gasteiger charge is -2.19. The second kappa shape index (κ2) is 1.52. The molecule has 1 N–H and O–H groups in total. The summed E-state index contributed by atoms with van der Waals surface area (Å²) in [7, 11) is 0. The SMILES string of the molecule is OCC12CC1CCC2(F)F. The largest absolute Gasteiger partial charge is 0.396 e. The van der Waals surface area contributed by atoms with Gasteiger partial charge >= 0.3 is 0 Å². The smallest absolute Gasteiger partial charge is 0.256 e. The first kappa shape index (κ1) is 6.53. The van der Waals surface area contributed by atoms with Crippen molar-refractivity contribution in [2.75, 3.05) is 6.61 Å². The van der Waals surface area contributed by atoms with E-state index in [1.54, 1.807) is 0 Å². The summed E-state index contributed by atoms with van der Waals surface area (Å²) in [6.07, 6.45) is 1.13. The minimum Gasteiger partial charge on any atom is -0.396 e. The van der Waals surface area contributed by atoms with Gasteiger partial charge in [-0.2, -0.15) is 0 Å². The number of alkyl halides is 2. The number of rotatable bonds is 1. The molecule has 2 fully saturated rings. The van der Waals surface area contributed by atoms with E-state index in [0.29, 0.717) is 12.8 Å². The molecule has 58 valence electrons. The van der Waals surface area contributed by atoms with Crippen LogP contribution in [-0.2, 0) is 0 Å². The van der Waals surface area contributed by atoms with Gasteiger partial charge < -0.3 is 5.11 Å². The Morgan fingerprint density at radius 3 is 2.40 bits per heavy atom. The fourth-order valence-electron chi connectivity index (χ4n) is 2.12. The third-order valence-electron chi connectivity index (χ3n) is 3.05. The third kappa shape index (κ3) is 0.506. The van der Waals surface area contributed by atoms with Crippen LogP contribution in [0.5, 0.6) is 0 Å². The molecule has 0 aromatic carbocycles. The normalized spacial score (nSPS) is 48.9. The average Bonchev–Trinajstić information content (AvgIpc) is 2.54. The Morgan fingerprint density at radius 2 is 2.20 bits per heavy atom. The molecule has 0 aromatic heterocycles. The molecule has 0 radical (unpaired) electrons. The summed E-state index contributed by atoms with van der Waals surface area (Å²) in [6, 6.07) is 0. The van der Waals surface area contributed by atoms with Crippen LogP contribution >= 0.6 is 0 Å². The first-order valence-corrected chi connectivity index (χ1v) is 3.61. The monoisotopic (exact) mass is 148 g/mol. The molecule has 0 heterocycles. The van der Waals surface area contributed by atoms with Crippen molar-refractivity contribution in [2.24, 2.45) is 11.3 Å². The molecule has 0 aromatic rings. The number of hydrogen-bond donors (Lipinski definition) is 1. The van der Waals surface area contributed by atoms with Crippen LogP contribution in [0.4, 0.5) is 8.78 Å². The van der Waals surface area contributed by atoms with E-state index in [1.165, 1.54) is 0 Å². The van der Waals surface area contributed by atoms with Gasteiger partial charge in [-0.25, -0.2) is 8.78 Å². The fourth-order valence-corrected chi connectivity index (χ4v) is 2.12. The van der Waals surface area contributed by atoms with Gasteiger partial charge in [0.2, 0.25) is 0 Å². The molecule has 0 bridgehead atoms. The maximum Gasteiger partial charge on any atom is 0.256 e. The molecular weight excluding hydrogens is 138 g/mol. The lowest BCUT2D eigenvalue weighted by molar-refractivity contribution is -0.0808. The van der Waals surface area contributed by atoms with Crippen molar-refractivity contribution in [1.82, 2.24) is 0 Å². The van der Waals surface area contributed by atoms with Gasteiger partial charge in [0.1, 0.15) is 0 Å². The van der Waals surface area contributed by atoms with E-state index >= 15 is 0 Å². The topological polar surface area (TPSA) is 20.2 Å². The van der Waals surface area contributed by atoms with Crippen molar-refractivity contribution < 1.29 is 13.9 Å². The Labute approximate surface area is 58.0 Å². The van der Waals surface area contributed by atoms with Crippen molar-refractivity contribution in [1.29, 1.82) is 0 Å². The predicted octanol–water partition coefficient (Wildman–Crippen LogP) is 1.41. The molecule has 2 saturated carbocycles. The third-order valence-corrected chi connectivity index (χ3v) is 3.05. The van der Waals surface area contributed by atoms with Crippen molar-refractivity contribution in [3.05, 3.63) is 0 Å². The maximum atomic E-state index is 12.9. The average molecular weight is 148 g/mol. The van der Waals surface area contributed by atoms with E-state index in [-0.39, 0.29) is 18.9 Å². The Kier molecular flexibility index (Phi) is 0.994. The molecule has 2 aliphatic rings. The van der Waals surface area contributed by atoms with E-state index in [0.717, 1.165) is 0 Å². The first-order chi connectivity index (χ1) is 4.62. The quantitative estimate of drug-likeness (QED) is 0.596. The second-order valence-electron chi connectivity index (χ2n) is 3.46. The Balaban J connectivity index is 2.24. The molecule has 0 aliphatic heterocycles. The van der Waals surface area contributed by atoms with Crippen molar-refractivity contribution >= 4 is 0 Å². The zero-order valence-corrected chi connectivity index (χ0v) is 5.61. The summed E-state index contributed by atoms with van der Waals surface area (Å²) in [5, 5.41) is 8.72. The van der Waals surface area contributed by atoms with Crippen LogP contribution in [0.25, 0.3) is 0 Å². The Bertz CT molecular complexity index is 165. The molecule has 2 rings (SSSR count). The molecule has 2 atom stereocenters. The van der Waals surface area contributed by atoms with Gasteiger partial charge in [0, 0.05) is 6.42 Å². The van der Waals surface area contributed by atoms with E-state index in [1.807, 2.05) is 0 Å². The van der Waals surface area contributed by atoms with Gasteiger partial charge in [0.25, 0.3) is 5.92 Å². The van der Waals surface area contributed by atoms with Crippen LogP contribution in [0.15, 0.2) is 0 Å². The van der Waals surface area contributed by atoms with Crippen LogP contribution in [0.1, 0.15) is 19.3 Å². The Morgan fingerprint density at radius 1 is 1.50 bits per heavy atom. The summed E-state index contributed by atoms with van der Waals surface area (Å²) >= 11 is 0. The van der Waals surface area contributed by atoms with Gasteiger partial charge in [-0.1, -0.05) is 0 Å². The standard InChI is InChI=1S/C7H10F2O/c8-7(9)2-1-5-3-6(5,7)4-10/h5,10H,1-4H2. The molecule has 0 amide bonds. The van der Waals surface area contributed by atoms with Crippen LogP contribution < -0.4 is 0 Å². The predicted molar refractivity (Wildman–Crippen MR) is 31.8 cm³/mol. The number of aliphatic hydroxyl groups is 1. The van der Waals surface area contributed by atoms with Crippen molar-refractivity contribution in [2.45, 2.75) is 25.2 Å². The van der Waals surface area contributed by atoms with Gasteiger partial charge in [-0.3, -0.25) is 0 Å². The van der Waals surface area contributed by atoms with Crippen LogP contribution in [0, 0.1) is 11.3 Å². The number of fused-ring (bicyclic) bond motifs is 1. The summed E-state index contributed by atoms with van der Waals surface area (Å²) in [4.78, 5) is 0. The highest BCUT2D eigenvalue weighted by Crippen LogP contribution is 2.69. The molecule has 2 unspecified atom stereocenters. The summed E-state index contributed by atoms with van der Waals surface area (Å²) in [5.74, 6) is -2.46. The molecule has 0 saturated heterocycles. The zero-order chi connectivity index (χ0) is 7.41. The van der Waals surface area contributed by atoms with Crippen LogP contribution in [-0.4, -0.2) is 17.6 Å². The molecule has 10 heavy (non-hydrogen) atoms. The van der Waals surface area contributed by atoms with Crippen molar-refractivity contribution in [3.8, 4) is 0 Å². The molecule has 0 spiro atoms. The summed E-state index contributed by atoms with van der Waals surface area (Å²) in [6.45, 7) is -0.329. The first-order valence-electron chi connectivity index (χ1n) is 3.61. The van der Waals surface area contributed by atoms with E-state index < -0.39 is 11.3 Å². The summed E-state index contributed by atoms with van der Waals surface area (Å²) < 4.78 is 25.8. The van der Waals surface area contributed by atoms with Gasteiger partial charge in [0.15, 0.2) is 0 Å². The highest BCUT2D eigenvalue weighted by molar-refractivity contribution is 5.15. The minimum absolute atomic E-state index is 0.0156. The Hall–Kier alpha value is -0.180. The minimum atomic E-state index is -2.58. The maximum absolute atomic E-state index is 12.9. The van der Waals surface area contributed by atoms with Gasteiger partial charge in [-0.15, -0.1) is 0 Å².